The Kier molecular flexibility index (Phi) is 9.38. The van der Waals surface area contributed by atoms with Crippen molar-refractivity contribution >= 4 is 21.8 Å². The topological polar surface area (TPSA) is 75.0 Å². The normalized spacial score (nSPS) is 11.5. The molecule has 0 saturated carbocycles. The van der Waals surface area contributed by atoms with Crippen LogP contribution in [0, 0.1) is 11.8 Å². The first-order valence-corrected chi connectivity index (χ1v) is 18.2. The smallest absolute Gasteiger partial charge is 0.234 e. The van der Waals surface area contributed by atoms with Crippen molar-refractivity contribution < 1.29 is 9.47 Å². The maximum Gasteiger partial charge on any atom is 0.234 e. The molecule has 53 heavy (non-hydrogen) atoms. The van der Waals surface area contributed by atoms with Gasteiger partial charge in [-0.25, -0.2) is 9.97 Å². The van der Waals surface area contributed by atoms with E-state index in [1.54, 1.807) is 12.4 Å². The van der Waals surface area contributed by atoms with E-state index in [0.717, 1.165) is 68.7 Å². The first kappa shape index (κ1) is 33.8. The second kappa shape index (κ2) is 14.7. The molecule has 0 atom stereocenters. The molecule has 0 aliphatic carbocycles. The summed E-state index contributed by atoms with van der Waals surface area (Å²) >= 11 is 0. The van der Waals surface area contributed by atoms with Crippen molar-refractivity contribution in [3.63, 3.8) is 0 Å². The van der Waals surface area contributed by atoms with Gasteiger partial charge in [-0.15, -0.1) is 0 Å². The third-order valence-corrected chi connectivity index (χ3v) is 9.13. The van der Waals surface area contributed by atoms with Crippen LogP contribution >= 0.6 is 0 Å². The van der Waals surface area contributed by atoms with Gasteiger partial charge in [-0.05, 0) is 115 Å². The Morgan fingerprint density at radius 2 is 0.943 bits per heavy atom. The molecule has 4 aromatic carbocycles. The van der Waals surface area contributed by atoms with Crippen LogP contribution in [0.15, 0.2) is 140 Å². The molecule has 0 aliphatic rings. The molecule has 4 heterocycles. The van der Waals surface area contributed by atoms with Crippen molar-refractivity contribution in [3.05, 3.63) is 151 Å². The van der Waals surface area contributed by atoms with E-state index in [1.807, 2.05) is 79.1 Å². The molecule has 0 amide bonds. The first-order chi connectivity index (χ1) is 25.9. The fourth-order valence-electron chi connectivity index (χ4n) is 6.90. The van der Waals surface area contributed by atoms with Gasteiger partial charge in [0.1, 0.15) is 23.0 Å². The lowest BCUT2D eigenvalue weighted by Gasteiger charge is -2.11. The SMILES string of the molecule is CC(C)Cc1ccnc(-c2cccc(Oc3ccc4c5ccc(Oc6cccc(-c7cc(CC(C)C)ccn7)c6)cc5n(-c5ncccn5)c4c3)c2)c1. The molecule has 0 unspecified atom stereocenters. The summed E-state index contributed by atoms with van der Waals surface area (Å²) in [6.07, 6.45) is 9.31. The third-order valence-electron chi connectivity index (χ3n) is 9.13. The van der Waals surface area contributed by atoms with Crippen LogP contribution in [0.5, 0.6) is 23.0 Å². The van der Waals surface area contributed by atoms with Gasteiger partial charge in [0, 0.05) is 58.8 Å². The van der Waals surface area contributed by atoms with Crippen molar-refractivity contribution in [3.8, 4) is 51.5 Å². The summed E-state index contributed by atoms with van der Waals surface area (Å²) in [4.78, 5) is 18.6. The summed E-state index contributed by atoms with van der Waals surface area (Å²) in [7, 11) is 0. The predicted octanol–water partition coefficient (Wildman–Crippen LogP) is 11.7. The van der Waals surface area contributed by atoms with Crippen molar-refractivity contribution in [2.45, 2.75) is 40.5 Å². The number of nitrogens with zero attached hydrogens (tertiary/aromatic N) is 5. The van der Waals surface area contributed by atoms with E-state index in [9.17, 15) is 0 Å². The summed E-state index contributed by atoms with van der Waals surface area (Å²) in [5, 5.41) is 2.11. The lowest BCUT2D eigenvalue weighted by molar-refractivity contribution is 0.483. The Balaban J connectivity index is 1.13. The third kappa shape index (κ3) is 7.51. The van der Waals surface area contributed by atoms with Gasteiger partial charge in [-0.2, -0.15) is 0 Å². The molecule has 0 N–H and O–H groups in total. The zero-order valence-electron chi connectivity index (χ0n) is 30.4. The van der Waals surface area contributed by atoms with E-state index in [4.69, 9.17) is 9.47 Å². The summed E-state index contributed by atoms with van der Waals surface area (Å²) in [6.45, 7) is 8.92. The monoisotopic (exact) mass is 695 g/mol. The second-order valence-electron chi connectivity index (χ2n) is 14.3. The van der Waals surface area contributed by atoms with Gasteiger partial charge in [-0.3, -0.25) is 14.5 Å². The summed E-state index contributed by atoms with van der Waals surface area (Å²) in [6, 6.07) is 38.8. The van der Waals surface area contributed by atoms with Gasteiger partial charge in [0.05, 0.1) is 22.4 Å². The first-order valence-electron chi connectivity index (χ1n) is 18.2. The number of hydrogen-bond donors (Lipinski definition) is 0. The standard InChI is InChI=1S/C46H41N5O2/c1-30(2)22-32-16-20-47-42(24-32)34-8-5-10-36(26-34)52-38-12-14-40-41-15-13-39(29-45(41)51(44(40)28-38)46-49-18-7-19-50-46)53-37-11-6-9-35(27-37)43-25-33(17-21-48-43)23-31(3)4/h5-21,24-31H,22-23H2,1-4H3. The molecule has 8 rings (SSSR count). The second-order valence-corrected chi connectivity index (χ2v) is 14.3. The Hall–Kier alpha value is -6.34. The van der Waals surface area contributed by atoms with Crippen molar-refractivity contribution in [2.75, 3.05) is 0 Å². The average molecular weight is 696 g/mol. The highest BCUT2D eigenvalue weighted by Gasteiger charge is 2.17. The average Bonchev–Trinajstić information content (AvgIpc) is 3.48. The fourth-order valence-corrected chi connectivity index (χ4v) is 6.90. The van der Waals surface area contributed by atoms with Crippen LogP contribution in [0.3, 0.4) is 0 Å². The Labute approximate surface area is 310 Å². The van der Waals surface area contributed by atoms with E-state index >= 15 is 0 Å². The predicted molar refractivity (Wildman–Crippen MR) is 213 cm³/mol. The number of pyridine rings is 2. The number of fused-ring (bicyclic) bond motifs is 3. The van der Waals surface area contributed by atoms with Crippen molar-refractivity contribution in [1.82, 2.24) is 24.5 Å². The number of benzene rings is 4. The molecule has 0 spiro atoms. The van der Waals surface area contributed by atoms with Crippen molar-refractivity contribution in [2.24, 2.45) is 11.8 Å². The van der Waals surface area contributed by atoms with Crippen LogP contribution in [0.4, 0.5) is 0 Å². The minimum Gasteiger partial charge on any atom is -0.457 e. The fraction of sp³-hybridized carbons (Fsp3) is 0.174. The zero-order valence-corrected chi connectivity index (χ0v) is 30.4. The molecule has 0 aliphatic heterocycles. The van der Waals surface area contributed by atoms with Gasteiger partial charge in [0.25, 0.3) is 0 Å². The van der Waals surface area contributed by atoms with E-state index in [0.29, 0.717) is 29.3 Å². The van der Waals surface area contributed by atoms with Crippen LogP contribution in [0.2, 0.25) is 0 Å². The molecule has 0 fully saturated rings. The van der Waals surface area contributed by atoms with Crippen LogP contribution in [0.1, 0.15) is 38.8 Å². The van der Waals surface area contributed by atoms with E-state index < -0.39 is 0 Å². The Morgan fingerprint density at radius 3 is 1.42 bits per heavy atom. The largest absolute Gasteiger partial charge is 0.457 e. The van der Waals surface area contributed by atoms with Crippen LogP contribution < -0.4 is 9.47 Å². The van der Waals surface area contributed by atoms with Gasteiger partial charge in [0.15, 0.2) is 0 Å². The highest BCUT2D eigenvalue weighted by Crippen LogP contribution is 2.38. The van der Waals surface area contributed by atoms with Crippen LogP contribution in [-0.4, -0.2) is 24.5 Å². The molecule has 0 radical (unpaired) electrons. The summed E-state index contributed by atoms with van der Waals surface area (Å²) < 4.78 is 15.1. The Bertz CT molecular complexity index is 2380. The van der Waals surface area contributed by atoms with Gasteiger partial charge >= 0.3 is 0 Å². The molecule has 0 bridgehead atoms. The molecular weight excluding hydrogens is 655 g/mol. The Morgan fingerprint density at radius 1 is 0.472 bits per heavy atom. The van der Waals surface area contributed by atoms with Gasteiger partial charge in [-0.1, -0.05) is 52.0 Å². The molecule has 262 valence electrons. The molecular formula is C46H41N5O2. The minimum atomic E-state index is 0.561. The van der Waals surface area contributed by atoms with E-state index in [2.05, 4.69) is 101 Å². The lowest BCUT2D eigenvalue weighted by Crippen LogP contribution is -2.00. The van der Waals surface area contributed by atoms with Gasteiger partial charge < -0.3 is 9.47 Å². The zero-order chi connectivity index (χ0) is 36.3. The number of aromatic nitrogens is 5. The molecule has 7 nitrogen and oxygen atoms in total. The van der Waals surface area contributed by atoms with E-state index in [1.165, 1.54) is 11.1 Å². The molecule has 0 saturated heterocycles. The van der Waals surface area contributed by atoms with Crippen molar-refractivity contribution in [1.29, 1.82) is 0 Å². The highest BCUT2D eigenvalue weighted by atomic mass is 16.5. The maximum absolute atomic E-state index is 6.50. The van der Waals surface area contributed by atoms with E-state index in [-0.39, 0.29) is 0 Å². The molecule has 7 heteroatoms. The van der Waals surface area contributed by atoms with Crippen LogP contribution in [0.25, 0.3) is 50.3 Å². The quantitative estimate of drug-likeness (QED) is 0.134. The lowest BCUT2D eigenvalue weighted by atomic mass is 10.0. The summed E-state index contributed by atoms with van der Waals surface area (Å²) in [5.74, 6) is 4.58. The maximum atomic E-state index is 6.50. The van der Waals surface area contributed by atoms with Gasteiger partial charge in [0.2, 0.25) is 5.95 Å². The van der Waals surface area contributed by atoms with Crippen LogP contribution in [-0.2, 0) is 12.8 Å². The summed E-state index contributed by atoms with van der Waals surface area (Å²) in [5.41, 5.74) is 8.29. The number of rotatable bonds is 11. The minimum absolute atomic E-state index is 0.561. The highest BCUT2D eigenvalue weighted by molar-refractivity contribution is 6.09. The number of ether oxygens (including phenoxy) is 2. The number of hydrogen-bond acceptors (Lipinski definition) is 6. The molecule has 4 aromatic heterocycles. The molecule has 8 aromatic rings.